The lowest BCUT2D eigenvalue weighted by molar-refractivity contribution is -0.384. The summed E-state index contributed by atoms with van der Waals surface area (Å²) in [7, 11) is 2.07. The van der Waals surface area contributed by atoms with E-state index in [1.807, 2.05) is 6.07 Å². The molecule has 0 aliphatic rings. The van der Waals surface area contributed by atoms with Crippen molar-refractivity contribution in [3.63, 3.8) is 0 Å². The van der Waals surface area contributed by atoms with Crippen LogP contribution in [0.4, 0.5) is 11.4 Å². The number of rotatable bonds is 7. The smallest absolute Gasteiger partial charge is 0.295 e. The molecular weight excluding hydrogens is 242 g/mol. The average molecular weight is 265 g/mol. The first kappa shape index (κ1) is 15.4. The highest BCUT2D eigenvalue weighted by molar-refractivity contribution is 5.64. The summed E-state index contributed by atoms with van der Waals surface area (Å²) in [5.74, 6) is 0. The molecule has 0 spiro atoms. The third-order valence-electron chi connectivity index (χ3n) is 3.54. The zero-order chi connectivity index (χ0) is 14.4. The highest BCUT2D eigenvalue weighted by Crippen LogP contribution is 2.27. The predicted octanol–water partition coefficient (Wildman–Crippen LogP) is 3.05. The minimum absolute atomic E-state index is 0.175. The van der Waals surface area contributed by atoms with Gasteiger partial charge in [-0.15, -0.1) is 0 Å². The van der Waals surface area contributed by atoms with Crippen molar-refractivity contribution in [3.05, 3.63) is 33.9 Å². The number of nitro groups is 1. The van der Waals surface area contributed by atoms with Gasteiger partial charge in [0.05, 0.1) is 4.92 Å². The number of benzene rings is 1. The highest BCUT2D eigenvalue weighted by atomic mass is 16.6. The lowest BCUT2D eigenvalue weighted by Crippen LogP contribution is -2.32. The molecule has 0 aliphatic heterocycles. The fourth-order valence-corrected chi connectivity index (χ4v) is 1.94. The largest absolute Gasteiger partial charge is 0.378 e. The van der Waals surface area contributed by atoms with Gasteiger partial charge in [0.1, 0.15) is 5.69 Å². The molecule has 5 nitrogen and oxygen atoms in total. The van der Waals surface area contributed by atoms with E-state index in [9.17, 15) is 10.1 Å². The molecule has 0 fully saturated rings. The lowest BCUT2D eigenvalue weighted by atomic mass is 10.1. The van der Waals surface area contributed by atoms with Crippen molar-refractivity contribution in [3.8, 4) is 0 Å². The van der Waals surface area contributed by atoms with E-state index in [2.05, 4.69) is 31.1 Å². The first-order chi connectivity index (χ1) is 8.97. The topological polar surface area (TPSA) is 58.4 Å². The summed E-state index contributed by atoms with van der Waals surface area (Å²) < 4.78 is 0. The normalized spacial score (nSPS) is 12.5. The van der Waals surface area contributed by atoms with Crippen LogP contribution in [0.5, 0.6) is 0 Å². The predicted molar refractivity (Wildman–Crippen MR) is 78.7 cm³/mol. The van der Waals surface area contributed by atoms with Crippen molar-refractivity contribution < 1.29 is 4.92 Å². The van der Waals surface area contributed by atoms with E-state index in [1.165, 1.54) is 0 Å². The van der Waals surface area contributed by atoms with Crippen molar-refractivity contribution in [2.75, 3.05) is 25.5 Å². The van der Waals surface area contributed by atoms with Crippen LogP contribution in [0.3, 0.4) is 0 Å². The average Bonchev–Trinajstić information content (AvgIpc) is 2.37. The number of nitro benzene ring substituents is 1. The van der Waals surface area contributed by atoms with Gasteiger partial charge in [0.25, 0.3) is 5.69 Å². The Labute approximate surface area is 114 Å². The Morgan fingerprint density at radius 2 is 2.16 bits per heavy atom. The SMILES string of the molecule is CCC(C)N(C)CCNc1cccc(C)c1[N+](=O)[O-]. The summed E-state index contributed by atoms with van der Waals surface area (Å²) in [5.41, 5.74) is 1.46. The second-order valence-electron chi connectivity index (χ2n) is 4.89. The Kier molecular flexibility index (Phi) is 5.76. The third kappa shape index (κ3) is 4.21. The van der Waals surface area contributed by atoms with Gasteiger partial charge in [-0.05, 0) is 33.4 Å². The maximum absolute atomic E-state index is 11.0. The second-order valence-corrected chi connectivity index (χ2v) is 4.89. The molecule has 5 heteroatoms. The summed E-state index contributed by atoms with van der Waals surface area (Å²) in [6.07, 6.45) is 1.10. The van der Waals surface area contributed by atoms with Crippen molar-refractivity contribution in [1.29, 1.82) is 0 Å². The number of aryl methyl sites for hydroxylation is 1. The number of anilines is 1. The van der Waals surface area contributed by atoms with Gasteiger partial charge in [0.15, 0.2) is 0 Å². The Morgan fingerprint density at radius 1 is 1.47 bits per heavy atom. The molecule has 0 heterocycles. The van der Waals surface area contributed by atoms with Gasteiger partial charge in [-0.3, -0.25) is 10.1 Å². The van der Waals surface area contributed by atoms with Crippen molar-refractivity contribution in [1.82, 2.24) is 4.90 Å². The van der Waals surface area contributed by atoms with Gasteiger partial charge in [-0.25, -0.2) is 0 Å². The van der Waals surface area contributed by atoms with Crippen LogP contribution >= 0.6 is 0 Å². The zero-order valence-electron chi connectivity index (χ0n) is 12.1. The van der Waals surface area contributed by atoms with Crippen LogP contribution in [0.15, 0.2) is 18.2 Å². The van der Waals surface area contributed by atoms with Crippen LogP contribution in [0.25, 0.3) is 0 Å². The molecule has 0 amide bonds. The number of likely N-dealkylation sites (N-methyl/N-ethyl adjacent to an activating group) is 1. The standard InChI is InChI=1S/C14H23N3O2/c1-5-12(3)16(4)10-9-15-13-8-6-7-11(2)14(13)17(18)19/h6-8,12,15H,5,9-10H2,1-4H3. The monoisotopic (exact) mass is 265 g/mol. The van der Waals surface area contributed by atoms with Crippen molar-refractivity contribution in [2.24, 2.45) is 0 Å². The second kappa shape index (κ2) is 7.09. The van der Waals surface area contributed by atoms with Crippen LogP contribution in [0, 0.1) is 17.0 Å². The molecular formula is C14H23N3O2. The minimum atomic E-state index is -0.323. The van der Waals surface area contributed by atoms with Crippen LogP contribution in [-0.4, -0.2) is 36.0 Å². The Balaban J connectivity index is 2.64. The minimum Gasteiger partial charge on any atom is -0.378 e. The van der Waals surface area contributed by atoms with E-state index in [4.69, 9.17) is 0 Å². The molecule has 0 saturated carbocycles. The first-order valence-corrected chi connectivity index (χ1v) is 6.65. The van der Waals surface area contributed by atoms with Gasteiger partial charge in [-0.2, -0.15) is 0 Å². The number of hydrogen-bond acceptors (Lipinski definition) is 4. The van der Waals surface area contributed by atoms with Gasteiger partial charge in [-0.1, -0.05) is 19.1 Å². The fourth-order valence-electron chi connectivity index (χ4n) is 1.94. The van der Waals surface area contributed by atoms with Gasteiger partial charge in [0, 0.05) is 24.7 Å². The van der Waals surface area contributed by atoms with E-state index in [0.29, 0.717) is 23.8 Å². The van der Waals surface area contributed by atoms with Gasteiger partial charge >= 0.3 is 0 Å². The lowest BCUT2D eigenvalue weighted by Gasteiger charge is -2.23. The fraction of sp³-hybridized carbons (Fsp3) is 0.571. The molecule has 1 N–H and O–H groups in total. The molecule has 19 heavy (non-hydrogen) atoms. The quantitative estimate of drug-likeness (QED) is 0.608. The molecule has 1 rings (SSSR count). The Morgan fingerprint density at radius 3 is 2.74 bits per heavy atom. The Hall–Kier alpha value is -1.62. The highest BCUT2D eigenvalue weighted by Gasteiger charge is 2.16. The van der Waals surface area contributed by atoms with Crippen LogP contribution in [0.1, 0.15) is 25.8 Å². The molecule has 106 valence electrons. The van der Waals surface area contributed by atoms with E-state index in [-0.39, 0.29) is 10.6 Å². The summed E-state index contributed by atoms with van der Waals surface area (Å²) in [6.45, 7) is 7.65. The maximum atomic E-state index is 11.0. The summed E-state index contributed by atoms with van der Waals surface area (Å²) in [5, 5.41) is 14.2. The molecule has 1 unspecified atom stereocenters. The van der Waals surface area contributed by atoms with E-state index >= 15 is 0 Å². The molecule has 0 radical (unpaired) electrons. The summed E-state index contributed by atoms with van der Waals surface area (Å²) in [4.78, 5) is 13.0. The number of para-hydroxylation sites is 1. The summed E-state index contributed by atoms with van der Waals surface area (Å²) >= 11 is 0. The first-order valence-electron chi connectivity index (χ1n) is 6.65. The van der Waals surface area contributed by atoms with Crippen LogP contribution in [0.2, 0.25) is 0 Å². The van der Waals surface area contributed by atoms with Crippen LogP contribution in [-0.2, 0) is 0 Å². The molecule has 1 aromatic rings. The summed E-state index contributed by atoms with van der Waals surface area (Å²) in [6, 6.07) is 5.88. The maximum Gasteiger partial charge on any atom is 0.295 e. The van der Waals surface area contributed by atoms with E-state index in [1.54, 1.807) is 19.1 Å². The van der Waals surface area contributed by atoms with Crippen molar-refractivity contribution >= 4 is 11.4 Å². The molecule has 0 aliphatic carbocycles. The third-order valence-corrected chi connectivity index (χ3v) is 3.54. The molecule has 0 saturated heterocycles. The van der Waals surface area contributed by atoms with Gasteiger partial charge in [0.2, 0.25) is 0 Å². The van der Waals surface area contributed by atoms with E-state index < -0.39 is 0 Å². The van der Waals surface area contributed by atoms with Crippen LogP contribution < -0.4 is 5.32 Å². The molecule has 0 aromatic heterocycles. The number of nitrogens with one attached hydrogen (secondary N) is 1. The van der Waals surface area contributed by atoms with Gasteiger partial charge < -0.3 is 10.2 Å². The Bertz CT molecular complexity index is 435. The van der Waals surface area contributed by atoms with E-state index in [0.717, 1.165) is 13.0 Å². The molecule has 0 bridgehead atoms. The van der Waals surface area contributed by atoms with Crippen molar-refractivity contribution in [2.45, 2.75) is 33.2 Å². The zero-order valence-corrected chi connectivity index (χ0v) is 12.1. The number of hydrogen-bond donors (Lipinski definition) is 1. The molecule has 1 aromatic carbocycles. The number of nitrogens with zero attached hydrogens (tertiary/aromatic N) is 2. The molecule has 1 atom stereocenters.